The van der Waals surface area contributed by atoms with Crippen molar-refractivity contribution in [3.05, 3.63) is 71.4 Å². The number of barbiturate groups is 1. The molecule has 1 aliphatic carbocycles. The Bertz CT molecular complexity index is 1330. The molecule has 1 saturated carbocycles. The smallest absolute Gasteiger partial charge is 0.328 e. The third-order valence-corrected chi connectivity index (χ3v) is 6.61. The number of fused-ring (bicyclic) bond motifs is 1. The molecule has 5 amide bonds. The van der Waals surface area contributed by atoms with E-state index in [9.17, 15) is 19.2 Å². The zero-order valence-corrected chi connectivity index (χ0v) is 19.1. The SMILES string of the molecule is Cc1cc(COc2ccc(C(=O)NC3CCC4(C3)C(=O)NC(=O)NC4=O)cc2)c2ccccc2n1. The average molecular weight is 473 g/mol. The summed E-state index contributed by atoms with van der Waals surface area (Å²) in [5.74, 6) is -0.898. The molecular weight excluding hydrogens is 448 g/mol. The monoisotopic (exact) mass is 472 g/mol. The van der Waals surface area contributed by atoms with Crippen LogP contribution in [0.25, 0.3) is 10.9 Å². The first kappa shape index (κ1) is 22.5. The van der Waals surface area contributed by atoms with Crippen molar-refractivity contribution in [2.45, 2.75) is 38.8 Å². The van der Waals surface area contributed by atoms with Gasteiger partial charge in [0.25, 0.3) is 5.91 Å². The molecule has 1 spiro atoms. The number of para-hydroxylation sites is 1. The highest BCUT2D eigenvalue weighted by Crippen LogP contribution is 2.40. The maximum atomic E-state index is 12.7. The number of amides is 5. The fourth-order valence-electron chi connectivity index (χ4n) is 4.81. The molecule has 1 aromatic heterocycles. The van der Waals surface area contributed by atoms with Gasteiger partial charge in [0.05, 0.1) is 5.52 Å². The largest absolute Gasteiger partial charge is 0.489 e. The number of pyridine rings is 1. The molecule has 2 aromatic carbocycles. The predicted molar refractivity (Wildman–Crippen MR) is 126 cm³/mol. The lowest BCUT2D eigenvalue weighted by Gasteiger charge is -2.30. The lowest BCUT2D eigenvalue weighted by Crippen LogP contribution is -2.61. The molecule has 2 aliphatic rings. The van der Waals surface area contributed by atoms with E-state index in [4.69, 9.17) is 4.74 Å². The number of urea groups is 1. The second-order valence-corrected chi connectivity index (χ2v) is 8.99. The molecule has 1 atom stereocenters. The van der Waals surface area contributed by atoms with Crippen molar-refractivity contribution in [1.29, 1.82) is 0 Å². The fraction of sp³-hybridized carbons (Fsp3) is 0.269. The molecule has 9 heteroatoms. The topological polar surface area (TPSA) is 126 Å². The van der Waals surface area contributed by atoms with Crippen LogP contribution < -0.4 is 20.7 Å². The van der Waals surface area contributed by atoms with Crippen LogP contribution in [0.2, 0.25) is 0 Å². The predicted octanol–water partition coefficient (Wildman–Crippen LogP) is 2.76. The van der Waals surface area contributed by atoms with Crippen LogP contribution in [0.5, 0.6) is 5.75 Å². The van der Waals surface area contributed by atoms with Crippen molar-refractivity contribution in [1.82, 2.24) is 20.9 Å². The van der Waals surface area contributed by atoms with Gasteiger partial charge in [0.15, 0.2) is 0 Å². The molecule has 2 heterocycles. The van der Waals surface area contributed by atoms with E-state index in [0.717, 1.165) is 22.2 Å². The summed E-state index contributed by atoms with van der Waals surface area (Å²) in [5, 5.41) is 8.23. The van der Waals surface area contributed by atoms with Crippen molar-refractivity contribution in [3.8, 4) is 5.75 Å². The minimum Gasteiger partial charge on any atom is -0.489 e. The number of aromatic nitrogens is 1. The van der Waals surface area contributed by atoms with E-state index in [0.29, 0.717) is 24.3 Å². The molecule has 0 bridgehead atoms. The Kier molecular flexibility index (Phi) is 5.68. The van der Waals surface area contributed by atoms with Crippen LogP contribution in [0.4, 0.5) is 4.79 Å². The molecule has 178 valence electrons. The number of carbonyl (C=O) groups excluding carboxylic acids is 4. The van der Waals surface area contributed by atoms with E-state index >= 15 is 0 Å². The Hall–Kier alpha value is -4.27. The summed E-state index contributed by atoms with van der Waals surface area (Å²) in [4.78, 5) is 53.3. The third-order valence-electron chi connectivity index (χ3n) is 6.61. The first-order valence-electron chi connectivity index (χ1n) is 11.4. The Morgan fingerprint density at radius 2 is 1.80 bits per heavy atom. The van der Waals surface area contributed by atoms with Gasteiger partial charge in [-0.3, -0.25) is 30.0 Å². The van der Waals surface area contributed by atoms with Crippen LogP contribution in [-0.2, 0) is 16.2 Å². The molecule has 9 nitrogen and oxygen atoms in total. The van der Waals surface area contributed by atoms with Gasteiger partial charge >= 0.3 is 6.03 Å². The van der Waals surface area contributed by atoms with E-state index in [1.54, 1.807) is 24.3 Å². The summed E-state index contributed by atoms with van der Waals surface area (Å²) >= 11 is 0. The minimum atomic E-state index is -1.32. The van der Waals surface area contributed by atoms with Crippen LogP contribution in [-0.4, -0.2) is 34.8 Å². The van der Waals surface area contributed by atoms with E-state index in [-0.39, 0.29) is 24.8 Å². The standard InChI is InChI=1S/C26H24N4O5/c1-15-12-17(20-4-2-3-5-21(20)27-15)14-35-19-8-6-16(7-9-19)22(31)28-18-10-11-26(13-18)23(32)29-25(34)30-24(26)33/h2-9,12,18H,10-11,13-14H2,1H3,(H,28,31)(H2,29,30,32,33,34). The number of rotatable bonds is 5. The van der Waals surface area contributed by atoms with Gasteiger partial charge in [-0.2, -0.15) is 0 Å². The lowest BCUT2D eigenvalue weighted by atomic mass is 9.82. The second-order valence-electron chi connectivity index (χ2n) is 8.99. The van der Waals surface area contributed by atoms with Crippen molar-refractivity contribution >= 4 is 34.7 Å². The first-order valence-corrected chi connectivity index (χ1v) is 11.4. The number of imide groups is 2. The van der Waals surface area contributed by atoms with E-state index in [2.05, 4.69) is 20.9 Å². The normalized spacial score (nSPS) is 18.9. The van der Waals surface area contributed by atoms with Crippen molar-refractivity contribution in [3.63, 3.8) is 0 Å². The summed E-state index contributed by atoms with van der Waals surface area (Å²) in [6.07, 6.45) is 0.865. The number of hydrogen-bond donors (Lipinski definition) is 3. The van der Waals surface area contributed by atoms with Crippen LogP contribution >= 0.6 is 0 Å². The van der Waals surface area contributed by atoms with Crippen molar-refractivity contribution < 1.29 is 23.9 Å². The summed E-state index contributed by atoms with van der Waals surface area (Å²) in [6, 6.07) is 15.5. The highest BCUT2D eigenvalue weighted by Gasteiger charge is 2.54. The minimum absolute atomic E-state index is 0.143. The third kappa shape index (κ3) is 4.32. The Labute approximate surface area is 201 Å². The fourth-order valence-corrected chi connectivity index (χ4v) is 4.81. The highest BCUT2D eigenvalue weighted by atomic mass is 16.5. The number of carbonyl (C=O) groups is 4. The van der Waals surface area contributed by atoms with Crippen LogP contribution in [0, 0.1) is 12.3 Å². The van der Waals surface area contributed by atoms with E-state index in [1.165, 1.54) is 0 Å². The molecule has 1 unspecified atom stereocenters. The zero-order chi connectivity index (χ0) is 24.6. The Balaban J connectivity index is 1.21. The van der Waals surface area contributed by atoms with Crippen LogP contribution in [0.15, 0.2) is 54.6 Å². The maximum Gasteiger partial charge on any atom is 0.328 e. The second kappa shape index (κ2) is 8.83. The number of nitrogens with zero attached hydrogens (tertiary/aromatic N) is 1. The Morgan fingerprint density at radius 1 is 1.09 bits per heavy atom. The molecule has 0 radical (unpaired) electrons. The van der Waals surface area contributed by atoms with Crippen molar-refractivity contribution in [2.24, 2.45) is 5.41 Å². The van der Waals surface area contributed by atoms with Crippen LogP contribution in [0.1, 0.15) is 40.9 Å². The number of hydrogen-bond acceptors (Lipinski definition) is 6. The Morgan fingerprint density at radius 3 is 2.54 bits per heavy atom. The summed E-state index contributed by atoms with van der Waals surface area (Å²) in [6.45, 7) is 2.31. The van der Waals surface area contributed by atoms with E-state index in [1.807, 2.05) is 37.3 Å². The number of nitrogens with one attached hydrogen (secondary N) is 3. The molecule has 1 saturated heterocycles. The number of aryl methyl sites for hydroxylation is 1. The van der Waals surface area contributed by atoms with Gasteiger partial charge in [0.2, 0.25) is 11.8 Å². The van der Waals surface area contributed by atoms with Gasteiger partial charge in [0, 0.05) is 28.2 Å². The van der Waals surface area contributed by atoms with Gasteiger partial charge in [-0.25, -0.2) is 4.79 Å². The molecular formula is C26H24N4O5. The highest BCUT2D eigenvalue weighted by molar-refractivity contribution is 6.19. The lowest BCUT2D eigenvalue weighted by molar-refractivity contribution is -0.144. The summed E-state index contributed by atoms with van der Waals surface area (Å²) in [5.41, 5.74) is 1.98. The van der Waals surface area contributed by atoms with Gasteiger partial charge < -0.3 is 10.1 Å². The van der Waals surface area contributed by atoms with Gasteiger partial charge in [-0.05, 0) is 62.6 Å². The zero-order valence-electron chi connectivity index (χ0n) is 19.1. The summed E-state index contributed by atoms with van der Waals surface area (Å²) < 4.78 is 5.95. The average Bonchev–Trinajstić information content (AvgIpc) is 3.26. The van der Waals surface area contributed by atoms with Gasteiger partial charge in [0.1, 0.15) is 17.8 Å². The number of ether oxygens (including phenoxy) is 1. The molecule has 35 heavy (non-hydrogen) atoms. The molecule has 3 aromatic rings. The molecule has 5 rings (SSSR count). The van der Waals surface area contributed by atoms with Gasteiger partial charge in [-0.1, -0.05) is 18.2 Å². The first-order chi connectivity index (χ1) is 16.8. The van der Waals surface area contributed by atoms with Crippen molar-refractivity contribution in [2.75, 3.05) is 0 Å². The maximum absolute atomic E-state index is 12.7. The molecule has 1 aliphatic heterocycles. The number of benzene rings is 2. The van der Waals surface area contributed by atoms with Gasteiger partial charge in [-0.15, -0.1) is 0 Å². The summed E-state index contributed by atoms with van der Waals surface area (Å²) in [7, 11) is 0. The quantitative estimate of drug-likeness (QED) is 0.490. The van der Waals surface area contributed by atoms with E-state index < -0.39 is 23.3 Å². The molecule has 2 fully saturated rings. The molecule has 3 N–H and O–H groups in total. The van der Waals surface area contributed by atoms with Crippen LogP contribution in [0.3, 0.4) is 0 Å².